The van der Waals surface area contributed by atoms with Crippen molar-refractivity contribution in [3.05, 3.63) is 53.6 Å². The third kappa shape index (κ3) is 6.31. The van der Waals surface area contributed by atoms with Crippen LogP contribution in [0.25, 0.3) is 0 Å². The Labute approximate surface area is 156 Å². The van der Waals surface area contributed by atoms with E-state index in [1.807, 2.05) is 19.1 Å². The first-order chi connectivity index (χ1) is 13.6. The van der Waals surface area contributed by atoms with Gasteiger partial charge in [0.1, 0.15) is 12.4 Å². The first-order valence-corrected chi connectivity index (χ1v) is 8.15. The van der Waals surface area contributed by atoms with Crippen LogP contribution < -0.4 is 14.2 Å². The topological polar surface area (TPSA) is 47.9 Å². The highest BCUT2D eigenvalue weighted by atomic mass is 16.5. The SMILES string of the molecule is [2H]C([2H])(Cc1ccc(OC)c(OC)c1)CC([2H])([2H])C(O)COc1cccc(C)c1. The lowest BCUT2D eigenvalue weighted by atomic mass is 10.0. The largest absolute Gasteiger partial charge is 0.493 e. The molecule has 2 rings (SSSR count). The Morgan fingerprint density at radius 2 is 1.88 bits per heavy atom. The van der Waals surface area contributed by atoms with Crippen molar-refractivity contribution in [3.63, 3.8) is 0 Å². The standard InChI is InChI=1S/C21H28O4/c1-16-7-6-10-19(13-16)25-15-18(22)9-5-4-8-17-11-12-20(23-2)21(14-17)24-3/h6-7,10-14,18,22H,4-5,8-9,15H2,1-3H3/i4D2,9D2. The van der Waals surface area contributed by atoms with Gasteiger partial charge in [-0.3, -0.25) is 0 Å². The molecule has 4 heteroatoms. The van der Waals surface area contributed by atoms with Gasteiger partial charge in [-0.25, -0.2) is 0 Å². The number of rotatable bonds is 10. The molecule has 0 aliphatic heterocycles. The molecule has 0 saturated heterocycles. The van der Waals surface area contributed by atoms with Gasteiger partial charge in [-0.05, 0) is 61.5 Å². The van der Waals surface area contributed by atoms with E-state index in [-0.39, 0.29) is 13.0 Å². The number of ether oxygens (including phenoxy) is 3. The summed E-state index contributed by atoms with van der Waals surface area (Å²) >= 11 is 0. The van der Waals surface area contributed by atoms with Crippen LogP contribution in [0.15, 0.2) is 42.5 Å². The maximum Gasteiger partial charge on any atom is 0.160 e. The Morgan fingerprint density at radius 3 is 2.60 bits per heavy atom. The van der Waals surface area contributed by atoms with Crippen molar-refractivity contribution in [2.75, 3.05) is 20.8 Å². The minimum atomic E-state index is -2.16. The number of aryl methyl sites for hydroxylation is 2. The van der Waals surface area contributed by atoms with Crippen LogP contribution in [0.1, 0.15) is 35.8 Å². The molecule has 0 spiro atoms. The number of aliphatic hydroxyl groups is 1. The van der Waals surface area contributed by atoms with Crippen LogP contribution in [0.2, 0.25) is 0 Å². The van der Waals surface area contributed by atoms with Crippen LogP contribution in [0.4, 0.5) is 0 Å². The van der Waals surface area contributed by atoms with Crippen molar-refractivity contribution in [1.82, 2.24) is 0 Å². The molecule has 1 atom stereocenters. The third-order valence-corrected chi connectivity index (χ3v) is 3.64. The molecule has 0 bridgehead atoms. The van der Waals surface area contributed by atoms with Crippen molar-refractivity contribution < 1.29 is 24.8 Å². The van der Waals surface area contributed by atoms with Crippen LogP contribution in [-0.2, 0) is 6.42 Å². The van der Waals surface area contributed by atoms with Crippen molar-refractivity contribution in [2.45, 2.75) is 38.6 Å². The van der Waals surface area contributed by atoms with E-state index in [1.54, 1.807) is 30.3 Å². The van der Waals surface area contributed by atoms with Crippen LogP contribution in [0.3, 0.4) is 0 Å². The molecule has 0 amide bonds. The monoisotopic (exact) mass is 348 g/mol. The summed E-state index contributed by atoms with van der Waals surface area (Å²) in [6.07, 6.45) is -6.02. The molecule has 0 aromatic heterocycles. The zero-order chi connectivity index (χ0) is 21.7. The number of aliphatic hydroxyl groups excluding tert-OH is 1. The number of hydrogen-bond donors (Lipinski definition) is 1. The summed E-state index contributed by atoms with van der Waals surface area (Å²) in [4.78, 5) is 0. The van der Waals surface area contributed by atoms with Gasteiger partial charge >= 0.3 is 0 Å². The van der Waals surface area contributed by atoms with Crippen molar-refractivity contribution in [2.24, 2.45) is 0 Å². The summed E-state index contributed by atoms with van der Waals surface area (Å²) in [6.45, 7) is 1.65. The Bertz CT molecular complexity index is 811. The van der Waals surface area contributed by atoms with Crippen LogP contribution in [0.5, 0.6) is 17.2 Å². The minimum absolute atomic E-state index is 0.0294. The quantitative estimate of drug-likeness (QED) is 0.700. The Balaban J connectivity index is 2.01. The average molecular weight is 348 g/mol. The van der Waals surface area contributed by atoms with Gasteiger partial charge in [0.15, 0.2) is 11.5 Å². The molecule has 0 aliphatic rings. The molecule has 1 unspecified atom stereocenters. The van der Waals surface area contributed by atoms with Gasteiger partial charge < -0.3 is 19.3 Å². The molecule has 136 valence electrons. The van der Waals surface area contributed by atoms with E-state index in [0.717, 1.165) is 5.56 Å². The zero-order valence-electron chi connectivity index (χ0n) is 18.9. The summed E-state index contributed by atoms with van der Waals surface area (Å²) in [7, 11) is 3.02. The van der Waals surface area contributed by atoms with Crippen molar-refractivity contribution in [3.8, 4) is 17.2 Å². The second kappa shape index (κ2) is 9.94. The first kappa shape index (κ1) is 14.0. The van der Waals surface area contributed by atoms with Gasteiger partial charge in [-0.15, -0.1) is 0 Å². The fraction of sp³-hybridized carbons (Fsp3) is 0.429. The molecular weight excluding hydrogens is 316 g/mol. The van der Waals surface area contributed by atoms with Gasteiger partial charge in [0.25, 0.3) is 0 Å². The number of methoxy groups -OCH3 is 2. The molecule has 0 radical (unpaired) electrons. The Kier molecular flexibility index (Phi) is 5.58. The molecule has 0 aliphatic carbocycles. The van der Waals surface area contributed by atoms with Crippen LogP contribution in [-0.4, -0.2) is 32.0 Å². The number of benzene rings is 2. The normalized spacial score (nSPS) is 15.4. The van der Waals surface area contributed by atoms with E-state index >= 15 is 0 Å². The maximum absolute atomic E-state index is 10.3. The smallest absolute Gasteiger partial charge is 0.160 e. The fourth-order valence-corrected chi connectivity index (χ4v) is 2.33. The van der Waals surface area contributed by atoms with E-state index in [4.69, 9.17) is 19.7 Å². The highest BCUT2D eigenvalue weighted by Gasteiger charge is 2.07. The lowest BCUT2D eigenvalue weighted by Crippen LogP contribution is -2.17. The van der Waals surface area contributed by atoms with E-state index in [1.165, 1.54) is 14.2 Å². The number of hydrogen-bond acceptors (Lipinski definition) is 4. The summed E-state index contributed by atoms with van der Waals surface area (Å²) in [5.41, 5.74) is 1.64. The van der Waals surface area contributed by atoms with Gasteiger partial charge in [-0.1, -0.05) is 24.6 Å². The lowest BCUT2D eigenvalue weighted by molar-refractivity contribution is 0.0976. The highest BCUT2D eigenvalue weighted by molar-refractivity contribution is 5.42. The third-order valence-electron chi connectivity index (χ3n) is 3.64. The summed E-state index contributed by atoms with van der Waals surface area (Å²) in [5, 5.41) is 10.3. The van der Waals surface area contributed by atoms with Gasteiger partial charge in [0, 0.05) is 5.48 Å². The molecule has 0 heterocycles. The molecule has 2 aromatic carbocycles. The van der Waals surface area contributed by atoms with Crippen molar-refractivity contribution >= 4 is 0 Å². The maximum atomic E-state index is 10.3. The molecule has 25 heavy (non-hydrogen) atoms. The minimum Gasteiger partial charge on any atom is -0.493 e. The second-order valence-electron chi connectivity index (χ2n) is 5.64. The van der Waals surface area contributed by atoms with E-state index in [9.17, 15) is 5.11 Å². The van der Waals surface area contributed by atoms with E-state index < -0.39 is 25.3 Å². The fourth-order valence-electron chi connectivity index (χ4n) is 2.33. The summed E-state index contributed by atoms with van der Waals surface area (Å²) in [6, 6.07) is 12.3. The molecule has 1 N–H and O–H groups in total. The first-order valence-electron chi connectivity index (χ1n) is 10.1. The van der Waals surface area contributed by atoms with Gasteiger partial charge in [0.05, 0.1) is 20.3 Å². The summed E-state index contributed by atoms with van der Waals surface area (Å²) in [5.74, 6) is 1.56. The molecule has 0 saturated carbocycles. The molecule has 0 fully saturated rings. The van der Waals surface area contributed by atoms with Crippen LogP contribution in [0, 0.1) is 6.92 Å². The van der Waals surface area contributed by atoms with Crippen molar-refractivity contribution in [1.29, 1.82) is 0 Å². The average Bonchev–Trinajstić information content (AvgIpc) is 2.64. The summed E-state index contributed by atoms with van der Waals surface area (Å²) < 4.78 is 48.7. The Morgan fingerprint density at radius 1 is 1.08 bits per heavy atom. The van der Waals surface area contributed by atoms with E-state index in [0.29, 0.717) is 22.8 Å². The molecule has 2 aromatic rings. The predicted molar refractivity (Wildman–Crippen MR) is 99.8 cm³/mol. The molecule has 4 nitrogen and oxygen atoms in total. The van der Waals surface area contributed by atoms with Gasteiger partial charge in [0.2, 0.25) is 0 Å². The lowest BCUT2D eigenvalue weighted by Gasteiger charge is -2.13. The van der Waals surface area contributed by atoms with Gasteiger partial charge in [-0.2, -0.15) is 0 Å². The second-order valence-corrected chi connectivity index (χ2v) is 5.64. The van der Waals surface area contributed by atoms with E-state index in [2.05, 4.69) is 0 Å². The molecular formula is C21H28O4. The van der Waals surface area contributed by atoms with Crippen LogP contribution >= 0.6 is 0 Å². The zero-order valence-corrected chi connectivity index (χ0v) is 14.9. The Hall–Kier alpha value is -2.20. The predicted octanol–water partition coefficient (Wildman–Crippen LogP) is 4.16. The highest BCUT2D eigenvalue weighted by Crippen LogP contribution is 2.28.